The highest BCUT2D eigenvalue weighted by Crippen LogP contribution is 2.18. The Morgan fingerprint density at radius 1 is 1.10 bits per heavy atom. The van der Waals surface area contributed by atoms with Gasteiger partial charge in [-0.15, -0.1) is 0 Å². The minimum absolute atomic E-state index is 0.173. The van der Waals surface area contributed by atoms with Gasteiger partial charge in [-0.25, -0.2) is 4.39 Å². The fraction of sp³-hybridized carbons (Fsp3) is 0.409. The molecule has 3 rings (SSSR count). The van der Waals surface area contributed by atoms with Gasteiger partial charge in [-0.1, -0.05) is 17.7 Å². The lowest BCUT2D eigenvalue weighted by molar-refractivity contribution is -0.131. The van der Waals surface area contributed by atoms with Gasteiger partial charge in [0.2, 0.25) is 5.91 Å². The lowest BCUT2D eigenvalue weighted by Crippen LogP contribution is -2.49. The predicted molar refractivity (Wildman–Crippen MR) is 114 cm³/mol. The number of carbonyl (C=O) groups is 1. The molecule has 1 aliphatic heterocycles. The van der Waals surface area contributed by atoms with Gasteiger partial charge in [-0.3, -0.25) is 4.79 Å². The summed E-state index contributed by atoms with van der Waals surface area (Å²) in [7, 11) is 1.99. The number of halogens is 2. The van der Waals surface area contributed by atoms with Crippen LogP contribution in [0.5, 0.6) is 5.75 Å². The molecule has 0 saturated carbocycles. The molecule has 1 aliphatic rings. The smallest absolute Gasteiger partial charge is 0.223 e. The second kappa shape index (κ2) is 10.5. The molecular weight excluding hydrogens is 393 g/mol. The zero-order valence-corrected chi connectivity index (χ0v) is 17.4. The summed E-state index contributed by atoms with van der Waals surface area (Å²) in [4.78, 5) is 18.7. The largest absolute Gasteiger partial charge is 0.492 e. The first-order chi connectivity index (χ1) is 14.0. The number of anilines is 1. The third kappa shape index (κ3) is 6.61. The van der Waals surface area contributed by atoms with E-state index < -0.39 is 0 Å². The second-order valence-electron chi connectivity index (χ2n) is 7.20. The van der Waals surface area contributed by atoms with Gasteiger partial charge in [0, 0.05) is 56.4 Å². The molecule has 0 spiro atoms. The summed E-state index contributed by atoms with van der Waals surface area (Å²) in [6.07, 6.45) is 0.490. The fourth-order valence-electron chi connectivity index (χ4n) is 3.30. The maximum absolute atomic E-state index is 13.1. The average Bonchev–Trinajstić information content (AvgIpc) is 2.73. The monoisotopic (exact) mass is 419 g/mol. The van der Waals surface area contributed by atoms with E-state index in [0.29, 0.717) is 37.7 Å². The normalized spacial score (nSPS) is 14.3. The molecule has 0 aliphatic carbocycles. The van der Waals surface area contributed by atoms with Crippen LogP contribution < -0.4 is 9.64 Å². The van der Waals surface area contributed by atoms with Crippen LogP contribution in [0.3, 0.4) is 0 Å². The number of benzene rings is 2. The fourth-order valence-corrected chi connectivity index (χ4v) is 3.48. The van der Waals surface area contributed by atoms with E-state index in [4.69, 9.17) is 16.3 Å². The Balaban J connectivity index is 1.33. The Hall–Kier alpha value is -2.31. The Bertz CT molecular complexity index is 795. The molecule has 156 valence electrons. The van der Waals surface area contributed by atoms with Crippen molar-refractivity contribution < 1.29 is 13.9 Å². The van der Waals surface area contributed by atoms with Crippen LogP contribution in [0.15, 0.2) is 48.5 Å². The first-order valence-corrected chi connectivity index (χ1v) is 10.2. The number of nitrogens with zero attached hydrogens (tertiary/aromatic N) is 3. The Kier molecular flexibility index (Phi) is 7.72. The average molecular weight is 420 g/mol. The summed E-state index contributed by atoms with van der Waals surface area (Å²) in [6.45, 7) is 4.88. The molecule has 0 radical (unpaired) electrons. The Labute approximate surface area is 176 Å². The van der Waals surface area contributed by atoms with Crippen molar-refractivity contribution in [3.8, 4) is 5.75 Å². The lowest BCUT2D eigenvalue weighted by atomic mass is 10.2. The van der Waals surface area contributed by atoms with Crippen LogP contribution in [0, 0.1) is 5.82 Å². The molecule has 2 aromatic rings. The third-order valence-corrected chi connectivity index (χ3v) is 5.30. The topological polar surface area (TPSA) is 36.0 Å². The van der Waals surface area contributed by atoms with Crippen LogP contribution >= 0.6 is 11.6 Å². The van der Waals surface area contributed by atoms with Crippen LogP contribution in [0.2, 0.25) is 5.02 Å². The number of ether oxygens (including phenoxy) is 1. The van der Waals surface area contributed by atoms with E-state index in [1.807, 2.05) is 30.1 Å². The van der Waals surface area contributed by atoms with Crippen molar-refractivity contribution in [3.63, 3.8) is 0 Å². The highest BCUT2D eigenvalue weighted by Gasteiger charge is 2.21. The molecule has 0 bridgehead atoms. The molecule has 1 amide bonds. The van der Waals surface area contributed by atoms with Crippen molar-refractivity contribution in [2.24, 2.45) is 0 Å². The lowest BCUT2D eigenvalue weighted by Gasteiger charge is -2.36. The summed E-state index contributed by atoms with van der Waals surface area (Å²) in [5.74, 6) is 0.692. The molecule has 2 aromatic carbocycles. The molecule has 5 nitrogen and oxygen atoms in total. The van der Waals surface area contributed by atoms with E-state index in [1.165, 1.54) is 12.1 Å². The van der Waals surface area contributed by atoms with Gasteiger partial charge >= 0.3 is 0 Å². The zero-order valence-electron chi connectivity index (χ0n) is 16.7. The molecular formula is C22H27ClFN3O2. The highest BCUT2D eigenvalue weighted by atomic mass is 35.5. The first kappa shape index (κ1) is 21.4. The van der Waals surface area contributed by atoms with Crippen LogP contribution in [-0.2, 0) is 4.79 Å². The van der Waals surface area contributed by atoms with Crippen molar-refractivity contribution in [1.29, 1.82) is 0 Å². The van der Waals surface area contributed by atoms with Crippen LogP contribution in [0.1, 0.15) is 6.42 Å². The van der Waals surface area contributed by atoms with Crippen LogP contribution in [0.4, 0.5) is 10.1 Å². The maximum Gasteiger partial charge on any atom is 0.223 e. The minimum Gasteiger partial charge on any atom is -0.492 e. The van der Waals surface area contributed by atoms with Gasteiger partial charge in [-0.05, 0) is 49.5 Å². The van der Waals surface area contributed by atoms with Gasteiger partial charge in [-0.2, -0.15) is 0 Å². The molecule has 29 heavy (non-hydrogen) atoms. The molecule has 0 N–H and O–H groups in total. The molecule has 0 atom stereocenters. The summed E-state index contributed by atoms with van der Waals surface area (Å²) in [5, 5.41) is 0.654. The third-order valence-electron chi connectivity index (χ3n) is 5.07. The van der Waals surface area contributed by atoms with Crippen LogP contribution in [-0.4, -0.2) is 68.6 Å². The predicted octanol–water partition coefficient (Wildman–Crippen LogP) is 3.53. The molecule has 0 unspecified atom stereocenters. The minimum atomic E-state index is -0.232. The number of hydrogen-bond acceptors (Lipinski definition) is 4. The molecule has 1 saturated heterocycles. The Morgan fingerprint density at radius 3 is 2.52 bits per heavy atom. The van der Waals surface area contributed by atoms with Gasteiger partial charge < -0.3 is 19.4 Å². The maximum atomic E-state index is 13.1. The quantitative estimate of drug-likeness (QED) is 0.655. The van der Waals surface area contributed by atoms with E-state index in [-0.39, 0.29) is 11.7 Å². The number of carbonyl (C=O) groups excluding carboxylic acids is 1. The number of piperazine rings is 1. The van der Waals surface area contributed by atoms with Gasteiger partial charge in [0.15, 0.2) is 0 Å². The van der Waals surface area contributed by atoms with E-state index in [9.17, 15) is 9.18 Å². The van der Waals surface area contributed by atoms with Crippen molar-refractivity contribution in [2.75, 3.05) is 57.8 Å². The summed E-state index contributed by atoms with van der Waals surface area (Å²) in [6, 6.07) is 13.8. The molecule has 0 aromatic heterocycles. The Morgan fingerprint density at radius 2 is 1.83 bits per heavy atom. The van der Waals surface area contributed by atoms with Crippen molar-refractivity contribution in [2.45, 2.75) is 6.42 Å². The van der Waals surface area contributed by atoms with Crippen molar-refractivity contribution in [1.82, 2.24) is 9.80 Å². The van der Waals surface area contributed by atoms with E-state index >= 15 is 0 Å². The SMILES string of the molecule is CN(CCOc1cccc(Cl)c1)CCC(=O)N1CCN(c2ccc(F)cc2)CC1. The van der Waals surface area contributed by atoms with E-state index in [1.54, 1.807) is 18.2 Å². The molecule has 1 fully saturated rings. The van der Waals surface area contributed by atoms with Gasteiger partial charge in [0.25, 0.3) is 0 Å². The molecule has 1 heterocycles. The first-order valence-electron chi connectivity index (χ1n) is 9.86. The summed E-state index contributed by atoms with van der Waals surface area (Å²) >= 11 is 5.94. The zero-order chi connectivity index (χ0) is 20.6. The second-order valence-corrected chi connectivity index (χ2v) is 7.64. The summed E-state index contributed by atoms with van der Waals surface area (Å²) in [5.41, 5.74) is 0.998. The van der Waals surface area contributed by atoms with Gasteiger partial charge in [0.1, 0.15) is 18.2 Å². The van der Waals surface area contributed by atoms with Gasteiger partial charge in [0.05, 0.1) is 0 Å². The number of rotatable bonds is 8. The highest BCUT2D eigenvalue weighted by molar-refractivity contribution is 6.30. The van der Waals surface area contributed by atoms with Crippen LogP contribution in [0.25, 0.3) is 0 Å². The van der Waals surface area contributed by atoms with E-state index in [0.717, 1.165) is 31.1 Å². The number of likely N-dealkylation sites (N-methyl/N-ethyl adjacent to an activating group) is 1. The number of amides is 1. The number of hydrogen-bond donors (Lipinski definition) is 0. The van der Waals surface area contributed by atoms with Crippen molar-refractivity contribution in [3.05, 3.63) is 59.4 Å². The standard InChI is InChI=1S/C22H27ClFN3O2/c1-25(15-16-29-21-4-2-3-18(23)17-21)10-9-22(28)27-13-11-26(12-14-27)20-7-5-19(24)6-8-20/h2-8,17H,9-16H2,1H3. The van der Waals surface area contributed by atoms with Crippen molar-refractivity contribution >= 4 is 23.2 Å². The summed E-state index contributed by atoms with van der Waals surface area (Å²) < 4.78 is 18.8. The van der Waals surface area contributed by atoms with E-state index in [2.05, 4.69) is 9.80 Å². The molecule has 7 heteroatoms.